The minimum atomic E-state index is -0.572. The number of carbonyl (C=O) groups is 2. The van der Waals surface area contributed by atoms with Gasteiger partial charge in [0.25, 0.3) is 5.91 Å². The van der Waals surface area contributed by atoms with E-state index in [0.29, 0.717) is 18.2 Å². The molecular weight excluding hydrogens is 338 g/mol. The van der Waals surface area contributed by atoms with Crippen LogP contribution in [0.5, 0.6) is 5.75 Å². The molecule has 0 aliphatic rings. The highest BCUT2D eigenvalue weighted by Gasteiger charge is 2.08. The van der Waals surface area contributed by atoms with Crippen LogP contribution in [0, 0.1) is 5.92 Å². The van der Waals surface area contributed by atoms with Gasteiger partial charge in [0, 0.05) is 11.0 Å². The van der Waals surface area contributed by atoms with Crippen molar-refractivity contribution in [2.75, 3.05) is 19.8 Å². The summed E-state index contributed by atoms with van der Waals surface area (Å²) in [7, 11) is 0. The van der Waals surface area contributed by atoms with Crippen molar-refractivity contribution < 1.29 is 19.1 Å². The molecule has 5 nitrogen and oxygen atoms in total. The molecule has 0 saturated heterocycles. The molecule has 0 bridgehead atoms. The van der Waals surface area contributed by atoms with Gasteiger partial charge in [-0.05, 0) is 36.6 Å². The summed E-state index contributed by atoms with van der Waals surface area (Å²) in [6.07, 6.45) is 0.895. The molecule has 0 atom stereocenters. The largest absolute Gasteiger partial charge is 0.482 e. The maximum absolute atomic E-state index is 11.4. The lowest BCUT2D eigenvalue weighted by atomic mass is 10.1. The van der Waals surface area contributed by atoms with Gasteiger partial charge in [-0.3, -0.25) is 4.79 Å². The third-order valence-corrected chi connectivity index (χ3v) is 3.11. The van der Waals surface area contributed by atoms with E-state index in [1.807, 2.05) is 12.1 Å². The Hall–Kier alpha value is -1.56. The van der Waals surface area contributed by atoms with Crippen molar-refractivity contribution in [1.82, 2.24) is 5.32 Å². The van der Waals surface area contributed by atoms with Gasteiger partial charge in [-0.15, -0.1) is 0 Å². The first-order valence-electron chi connectivity index (χ1n) is 6.78. The van der Waals surface area contributed by atoms with Crippen LogP contribution in [0.15, 0.2) is 28.7 Å². The predicted octanol–water partition coefficient (Wildman–Crippen LogP) is 2.53. The normalized spacial score (nSPS) is 10.3. The van der Waals surface area contributed by atoms with Crippen LogP contribution >= 0.6 is 15.9 Å². The molecule has 1 amide bonds. The highest BCUT2D eigenvalue weighted by molar-refractivity contribution is 9.10. The Kier molecular flexibility index (Phi) is 7.82. The number of benzene rings is 1. The fourth-order valence-electron chi connectivity index (χ4n) is 1.41. The van der Waals surface area contributed by atoms with Gasteiger partial charge in [-0.2, -0.15) is 0 Å². The lowest BCUT2D eigenvalue weighted by Crippen LogP contribution is -2.31. The Morgan fingerprint density at radius 2 is 1.86 bits per heavy atom. The molecule has 116 valence electrons. The SMILES string of the molecule is CC(C)CCNC(=O)COC(=O)COc1ccc(Br)cc1. The highest BCUT2D eigenvalue weighted by Crippen LogP contribution is 2.15. The zero-order valence-electron chi connectivity index (χ0n) is 12.2. The minimum absolute atomic E-state index is 0.221. The molecule has 0 saturated carbocycles. The van der Waals surface area contributed by atoms with Crippen LogP contribution in [0.25, 0.3) is 0 Å². The summed E-state index contributed by atoms with van der Waals surface area (Å²) in [5, 5.41) is 2.69. The number of rotatable bonds is 8. The monoisotopic (exact) mass is 357 g/mol. The maximum atomic E-state index is 11.4. The van der Waals surface area contributed by atoms with E-state index in [0.717, 1.165) is 10.9 Å². The van der Waals surface area contributed by atoms with Crippen molar-refractivity contribution in [3.05, 3.63) is 28.7 Å². The fourth-order valence-corrected chi connectivity index (χ4v) is 1.68. The van der Waals surface area contributed by atoms with Crippen molar-refractivity contribution >= 4 is 27.8 Å². The molecule has 1 rings (SSSR count). The Morgan fingerprint density at radius 3 is 2.48 bits per heavy atom. The van der Waals surface area contributed by atoms with E-state index in [9.17, 15) is 9.59 Å². The smallest absolute Gasteiger partial charge is 0.344 e. The molecule has 1 aromatic rings. The third-order valence-electron chi connectivity index (χ3n) is 2.58. The molecular formula is C15H20BrNO4. The van der Waals surface area contributed by atoms with E-state index in [1.54, 1.807) is 12.1 Å². The van der Waals surface area contributed by atoms with Crippen LogP contribution in [0.1, 0.15) is 20.3 Å². The molecule has 0 radical (unpaired) electrons. The number of ether oxygens (including phenoxy) is 2. The van der Waals surface area contributed by atoms with E-state index in [4.69, 9.17) is 9.47 Å². The van der Waals surface area contributed by atoms with Crippen molar-refractivity contribution in [2.24, 2.45) is 5.92 Å². The maximum Gasteiger partial charge on any atom is 0.344 e. The van der Waals surface area contributed by atoms with Gasteiger partial charge >= 0.3 is 5.97 Å². The number of carbonyl (C=O) groups excluding carboxylic acids is 2. The molecule has 21 heavy (non-hydrogen) atoms. The summed E-state index contributed by atoms with van der Waals surface area (Å²) in [6.45, 7) is 4.24. The molecule has 0 aliphatic heterocycles. The lowest BCUT2D eigenvalue weighted by molar-refractivity contribution is -0.150. The van der Waals surface area contributed by atoms with Crippen molar-refractivity contribution in [1.29, 1.82) is 0 Å². The zero-order chi connectivity index (χ0) is 15.7. The molecule has 0 aliphatic carbocycles. The number of halogens is 1. The Balaban J connectivity index is 2.16. The van der Waals surface area contributed by atoms with Crippen LogP contribution < -0.4 is 10.1 Å². The predicted molar refractivity (Wildman–Crippen MR) is 83.1 cm³/mol. The van der Waals surface area contributed by atoms with Crippen LogP contribution in [-0.4, -0.2) is 31.6 Å². The van der Waals surface area contributed by atoms with E-state index in [1.165, 1.54) is 0 Å². The number of amides is 1. The average Bonchev–Trinajstić information content (AvgIpc) is 2.44. The second kappa shape index (κ2) is 9.39. The van der Waals surface area contributed by atoms with Gasteiger partial charge in [0.1, 0.15) is 5.75 Å². The van der Waals surface area contributed by atoms with Crippen LogP contribution in [0.4, 0.5) is 0 Å². The minimum Gasteiger partial charge on any atom is -0.482 e. The first-order valence-corrected chi connectivity index (χ1v) is 7.57. The van der Waals surface area contributed by atoms with Crippen molar-refractivity contribution in [3.63, 3.8) is 0 Å². The second-order valence-corrected chi connectivity index (χ2v) is 5.85. The highest BCUT2D eigenvalue weighted by atomic mass is 79.9. The lowest BCUT2D eigenvalue weighted by Gasteiger charge is -2.08. The summed E-state index contributed by atoms with van der Waals surface area (Å²) in [5.41, 5.74) is 0. The van der Waals surface area contributed by atoms with Crippen molar-refractivity contribution in [2.45, 2.75) is 20.3 Å². The zero-order valence-corrected chi connectivity index (χ0v) is 13.8. The van der Waals surface area contributed by atoms with Gasteiger partial charge < -0.3 is 14.8 Å². The number of hydrogen-bond donors (Lipinski definition) is 1. The topological polar surface area (TPSA) is 64.6 Å². The van der Waals surface area contributed by atoms with Crippen LogP contribution in [0.2, 0.25) is 0 Å². The molecule has 0 heterocycles. The van der Waals surface area contributed by atoms with Gasteiger partial charge in [0.05, 0.1) is 0 Å². The van der Waals surface area contributed by atoms with E-state index < -0.39 is 5.97 Å². The molecule has 1 N–H and O–H groups in total. The summed E-state index contributed by atoms with van der Waals surface area (Å²) in [5.74, 6) is 0.216. The van der Waals surface area contributed by atoms with Crippen molar-refractivity contribution in [3.8, 4) is 5.75 Å². The fraction of sp³-hybridized carbons (Fsp3) is 0.467. The Bertz CT molecular complexity index is 459. The second-order valence-electron chi connectivity index (χ2n) is 4.94. The Morgan fingerprint density at radius 1 is 1.19 bits per heavy atom. The standard InChI is InChI=1S/C15H20BrNO4/c1-11(2)7-8-17-14(18)9-21-15(19)10-20-13-5-3-12(16)4-6-13/h3-6,11H,7-10H2,1-2H3,(H,17,18). The summed E-state index contributed by atoms with van der Waals surface area (Å²) < 4.78 is 11.0. The summed E-state index contributed by atoms with van der Waals surface area (Å²) in [6, 6.07) is 7.08. The van der Waals surface area contributed by atoms with Gasteiger partial charge in [0.2, 0.25) is 0 Å². The molecule has 6 heteroatoms. The summed E-state index contributed by atoms with van der Waals surface area (Å²) in [4.78, 5) is 22.8. The quantitative estimate of drug-likeness (QED) is 0.726. The number of nitrogens with one attached hydrogen (secondary N) is 1. The molecule has 1 aromatic carbocycles. The van der Waals surface area contributed by atoms with E-state index in [2.05, 4.69) is 35.1 Å². The third kappa shape index (κ3) is 8.34. The van der Waals surface area contributed by atoms with Crippen LogP contribution in [0.3, 0.4) is 0 Å². The van der Waals surface area contributed by atoms with Gasteiger partial charge in [-0.1, -0.05) is 29.8 Å². The molecule has 0 spiro atoms. The van der Waals surface area contributed by atoms with Gasteiger partial charge in [-0.25, -0.2) is 4.79 Å². The number of esters is 1. The molecule has 0 unspecified atom stereocenters. The van der Waals surface area contributed by atoms with Gasteiger partial charge in [0.15, 0.2) is 13.2 Å². The van der Waals surface area contributed by atoms with E-state index in [-0.39, 0.29) is 19.1 Å². The average molecular weight is 358 g/mol. The summed E-state index contributed by atoms with van der Waals surface area (Å²) >= 11 is 3.30. The first-order chi connectivity index (χ1) is 9.97. The Labute approximate surface area is 133 Å². The number of hydrogen-bond acceptors (Lipinski definition) is 4. The molecule has 0 aromatic heterocycles. The van der Waals surface area contributed by atoms with E-state index >= 15 is 0 Å². The van der Waals surface area contributed by atoms with Crippen LogP contribution in [-0.2, 0) is 14.3 Å². The molecule has 0 fully saturated rings. The first kappa shape index (κ1) is 17.5.